The summed E-state index contributed by atoms with van der Waals surface area (Å²) in [5.74, 6) is -0.866. The van der Waals surface area contributed by atoms with E-state index in [1.165, 1.54) is 6.07 Å². The van der Waals surface area contributed by atoms with E-state index >= 15 is 0 Å². The van der Waals surface area contributed by atoms with Crippen LogP contribution in [0.15, 0.2) is 18.2 Å². The molecular weight excluding hydrogens is 252 g/mol. The van der Waals surface area contributed by atoms with Gasteiger partial charge in [-0.15, -0.1) is 0 Å². The van der Waals surface area contributed by atoms with Crippen molar-refractivity contribution in [3.8, 4) is 0 Å². The van der Waals surface area contributed by atoms with Gasteiger partial charge in [0.1, 0.15) is 11.6 Å². The molecule has 0 saturated carbocycles. The van der Waals surface area contributed by atoms with Gasteiger partial charge in [0.2, 0.25) is 0 Å². The van der Waals surface area contributed by atoms with Crippen molar-refractivity contribution >= 4 is 11.7 Å². The van der Waals surface area contributed by atoms with E-state index in [4.69, 9.17) is 0 Å². The third-order valence-electron chi connectivity index (χ3n) is 3.18. The molecule has 1 aliphatic heterocycles. The van der Waals surface area contributed by atoms with Gasteiger partial charge in [0, 0.05) is 12.6 Å². The summed E-state index contributed by atoms with van der Waals surface area (Å²) in [4.78, 5) is 11.5. The first-order chi connectivity index (χ1) is 9.15. The van der Waals surface area contributed by atoms with Gasteiger partial charge in [0.05, 0.1) is 5.69 Å². The third-order valence-corrected chi connectivity index (χ3v) is 3.18. The maximum Gasteiger partial charge on any atom is 0.319 e. The molecule has 1 saturated heterocycles. The van der Waals surface area contributed by atoms with Crippen molar-refractivity contribution in [2.75, 3.05) is 25.0 Å². The van der Waals surface area contributed by atoms with Crippen molar-refractivity contribution in [2.45, 2.75) is 12.8 Å². The SMILES string of the molecule is O=C(NCCC1CCNC1)Nc1ccc(F)cc1F. The van der Waals surface area contributed by atoms with E-state index in [9.17, 15) is 13.6 Å². The van der Waals surface area contributed by atoms with Crippen LogP contribution in [0.5, 0.6) is 0 Å². The average molecular weight is 269 g/mol. The van der Waals surface area contributed by atoms with Gasteiger partial charge in [-0.05, 0) is 44.0 Å². The van der Waals surface area contributed by atoms with Crippen molar-refractivity contribution in [3.05, 3.63) is 29.8 Å². The highest BCUT2D eigenvalue weighted by Crippen LogP contribution is 2.15. The number of urea groups is 1. The summed E-state index contributed by atoms with van der Waals surface area (Å²) in [5, 5.41) is 8.27. The second-order valence-corrected chi connectivity index (χ2v) is 4.65. The van der Waals surface area contributed by atoms with E-state index in [0.717, 1.165) is 38.1 Å². The molecule has 1 aromatic carbocycles. The summed E-state index contributed by atoms with van der Waals surface area (Å²) in [7, 11) is 0. The van der Waals surface area contributed by atoms with Crippen LogP contribution in [-0.2, 0) is 0 Å². The zero-order chi connectivity index (χ0) is 13.7. The van der Waals surface area contributed by atoms with Gasteiger partial charge in [-0.1, -0.05) is 0 Å². The van der Waals surface area contributed by atoms with E-state index < -0.39 is 17.7 Å². The highest BCUT2D eigenvalue weighted by atomic mass is 19.1. The maximum atomic E-state index is 13.3. The predicted octanol–water partition coefficient (Wildman–Crippen LogP) is 2.09. The summed E-state index contributed by atoms with van der Waals surface area (Å²) in [5.41, 5.74) is -0.0265. The topological polar surface area (TPSA) is 53.2 Å². The molecule has 1 fully saturated rings. The average Bonchev–Trinajstić information content (AvgIpc) is 2.86. The van der Waals surface area contributed by atoms with Gasteiger partial charge < -0.3 is 16.0 Å². The molecule has 6 heteroatoms. The Balaban J connectivity index is 1.74. The molecule has 1 atom stereocenters. The summed E-state index contributed by atoms with van der Waals surface area (Å²) in [6.45, 7) is 2.55. The molecule has 104 valence electrons. The molecule has 0 spiro atoms. The summed E-state index contributed by atoms with van der Waals surface area (Å²) < 4.78 is 26.0. The first kappa shape index (κ1) is 13.7. The van der Waals surface area contributed by atoms with Crippen molar-refractivity contribution < 1.29 is 13.6 Å². The normalized spacial score (nSPS) is 18.3. The number of hydrogen-bond donors (Lipinski definition) is 3. The number of benzene rings is 1. The molecule has 0 radical (unpaired) electrons. The predicted molar refractivity (Wildman–Crippen MR) is 69.0 cm³/mol. The van der Waals surface area contributed by atoms with Crippen LogP contribution in [0, 0.1) is 17.6 Å². The zero-order valence-electron chi connectivity index (χ0n) is 10.5. The lowest BCUT2D eigenvalue weighted by molar-refractivity contribution is 0.251. The second kappa shape index (κ2) is 6.47. The molecule has 1 aromatic rings. The Hall–Kier alpha value is -1.69. The van der Waals surface area contributed by atoms with E-state index in [-0.39, 0.29) is 5.69 Å². The summed E-state index contributed by atoms with van der Waals surface area (Å²) in [6.07, 6.45) is 2.02. The fourth-order valence-corrected chi connectivity index (χ4v) is 2.11. The van der Waals surface area contributed by atoms with Crippen LogP contribution < -0.4 is 16.0 Å². The zero-order valence-corrected chi connectivity index (χ0v) is 10.5. The molecular formula is C13H17F2N3O. The lowest BCUT2D eigenvalue weighted by atomic mass is 10.1. The number of nitrogens with one attached hydrogen (secondary N) is 3. The monoisotopic (exact) mass is 269 g/mol. The van der Waals surface area contributed by atoms with Crippen LogP contribution in [0.2, 0.25) is 0 Å². The van der Waals surface area contributed by atoms with Crippen LogP contribution in [-0.4, -0.2) is 25.7 Å². The molecule has 2 amide bonds. The smallest absolute Gasteiger partial charge is 0.319 e. The molecule has 2 rings (SSSR count). The molecule has 1 heterocycles. The Kier molecular flexibility index (Phi) is 4.68. The van der Waals surface area contributed by atoms with Gasteiger partial charge in [-0.3, -0.25) is 0 Å². The van der Waals surface area contributed by atoms with Gasteiger partial charge >= 0.3 is 6.03 Å². The Morgan fingerprint density at radius 1 is 1.42 bits per heavy atom. The minimum absolute atomic E-state index is 0.0265. The fourth-order valence-electron chi connectivity index (χ4n) is 2.11. The van der Waals surface area contributed by atoms with Crippen molar-refractivity contribution in [1.82, 2.24) is 10.6 Å². The van der Waals surface area contributed by atoms with Gasteiger partial charge in [-0.25, -0.2) is 13.6 Å². The number of anilines is 1. The third kappa shape index (κ3) is 4.17. The maximum absolute atomic E-state index is 13.3. The van der Waals surface area contributed by atoms with Crippen LogP contribution in [0.4, 0.5) is 19.3 Å². The molecule has 1 aliphatic rings. The molecule has 0 aromatic heterocycles. The van der Waals surface area contributed by atoms with Crippen LogP contribution in [0.3, 0.4) is 0 Å². The lowest BCUT2D eigenvalue weighted by Crippen LogP contribution is -2.31. The fraction of sp³-hybridized carbons (Fsp3) is 0.462. The first-order valence-corrected chi connectivity index (χ1v) is 6.36. The van der Waals surface area contributed by atoms with Crippen molar-refractivity contribution in [1.29, 1.82) is 0 Å². The molecule has 4 nitrogen and oxygen atoms in total. The standard InChI is InChI=1S/C13H17F2N3O/c14-10-1-2-12(11(15)7-10)18-13(19)17-6-4-9-3-5-16-8-9/h1-2,7,9,16H,3-6,8H2,(H2,17,18,19). The summed E-state index contributed by atoms with van der Waals surface area (Å²) in [6, 6.07) is 2.56. The van der Waals surface area contributed by atoms with Crippen molar-refractivity contribution in [2.24, 2.45) is 5.92 Å². The van der Waals surface area contributed by atoms with Crippen LogP contribution in [0.25, 0.3) is 0 Å². The highest BCUT2D eigenvalue weighted by Gasteiger charge is 2.14. The Labute approximate surface area is 110 Å². The van der Waals surface area contributed by atoms with Gasteiger partial charge in [0.15, 0.2) is 0 Å². The molecule has 0 aliphatic carbocycles. The van der Waals surface area contributed by atoms with Crippen molar-refractivity contribution in [3.63, 3.8) is 0 Å². The number of hydrogen-bond acceptors (Lipinski definition) is 2. The Bertz CT molecular complexity index is 448. The number of amides is 2. The van der Waals surface area contributed by atoms with E-state index in [1.54, 1.807) is 0 Å². The second-order valence-electron chi connectivity index (χ2n) is 4.65. The number of carbonyl (C=O) groups is 1. The number of carbonyl (C=O) groups excluding carboxylic acids is 1. The molecule has 0 bridgehead atoms. The first-order valence-electron chi connectivity index (χ1n) is 6.36. The minimum Gasteiger partial charge on any atom is -0.338 e. The van der Waals surface area contributed by atoms with Crippen LogP contribution >= 0.6 is 0 Å². The quantitative estimate of drug-likeness (QED) is 0.784. The molecule has 3 N–H and O–H groups in total. The lowest BCUT2D eigenvalue weighted by Gasteiger charge is -2.10. The summed E-state index contributed by atoms with van der Waals surface area (Å²) >= 11 is 0. The van der Waals surface area contributed by atoms with Gasteiger partial charge in [0.25, 0.3) is 0 Å². The Morgan fingerprint density at radius 2 is 2.26 bits per heavy atom. The highest BCUT2D eigenvalue weighted by molar-refractivity contribution is 5.89. The van der Waals surface area contributed by atoms with E-state index in [2.05, 4.69) is 16.0 Å². The van der Waals surface area contributed by atoms with E-state index in [1.807, 2.05) is 0 Å². The molecule has 19 heavy (non-hydrogen) atoms. The molecule has 1 unspecified atom stereocenters. The van der Waals surface area contributed by atoms with E-state index in [0.29, 0.717) is 12.5 Å². The number of halogens is 2. The largest absolute Gasteiger partial charge is 0.338 e. The Morgan fingerprint density at radius 3 is 2.95 bits per heavy atom. The van der Waals surface area contributed by atoms with Gasteiger partial charge in [-0.2, -0.15) is 0 Å². The van der Waals surface area contributed by atoms with Crippen LogP contribution in [0.1, 0.15) is 12.8 Å². The minimum atomic E-state index is -0.782. The number of rotatable bonds is 4.